The summed E-state index contributed by atoms with van der Waals surface area (Å²) >= 11 is 13.2. The Balaban J connectivity index is 1.48. The van der Waals surface area contributed by atoms with Gasteiger partial charge in [-0.15, -0.1) is 10.2 Å². The van der Waals surface area contributed by atoms with Crippen LogP contribution in [0.1, 0.15) is 6.92 Å². The van der Waals surface area contributed by atoms with E-state index in [0.717, 1.165) is 11.0 Å². The van der Waals surface area contributed by atoms with Crippen molar-refractivity contribution in [3.63, 3.8) is 0 Å². The highest BCUT2D eigenvalue weighted by Crippen LogP contribution is 2.29. The highest BCUT2D eigenvalue weighted by molar-refractivity contribution is 7.99. The fourth-order valence-electron chi connectivity index (χ4n) is 2.86. The van der Waals surface area contributed by atoms with Gasteiger partial charge >= 0.3 is 0 Å². The minimum Gasteiger partial charge on any atom is -0.453 e. The second-order valence-corrected chi connectivity index (χ2v) is 7.92. The molecule has 29 heavy (non-hydrogen) atoms. The maximum absolute atomic E-state index is 12.3. The van der Waals surface area contributed by atoms with Crippen molar-refractivity contribution in [3.05, 3.63) is 58.6 Å². The van der Waals surface area contributed by atoms with Gasteiger partial charge in [-0.25, -0.2) is 0 Å². The van der Waals surface area contributed by atoms with Gasteiger partial charge in [-0.1, -0.05) is 53.2 Å². The second-order valence-electron chi connectivity index (χ2n) is 6.16. The van der Waals surface area contributed by atoms with E-state index in [1.807, 2.05) is 41.8 Å². The molecule has 0 aliphatic rings. The number of thioether (sulfide) groups is 1. The Morgan fingerprint density at radius 3 is 2.72 bits per heavy atom. The third-order valence-corrected chi connectivity index (χ3v) is 5.92. The van der Waals surface area contributed by atoms with Gasteiger partial charge in [0.15, 0.2) is 10.9 Å². The van der Waals surface area contributed by atoms with Crippen LogP contribution < -0.4 is 5.32 Å². The first-order valence-electron chi connectivity index (χ1n) is 8.85. The van der Waals surface area contributed by atoms with Crippen molar-refractivity contribution in [3.8, 4) is 11.6 Å². The van der Waals surface area contributed by atoms with Crippen LogP contribution in [-0.2, 0) is 11.3 Å². The standard InChI is InChI=1S/C20H16Cl2N4O2S/c1-2-26-19(17-9-12-5-3-4-6-16(12)28-17)24-25-20(26)29-11-18(27)23-13-7-8-14(21)15(22)10-13/h3-10H,2,11H2,1H3,(H,23,27). The van der Waals surface area contributed by atoms with Crippen molar-refractivity contribution < 1.29 is 9.21 Å². The average molecular weight is 447 g/mol. The van der Waals surface area contributed by atoms with E-state index in [9.17, 15) is 4.79 Å². The lowest BCUT2D eigenvalue weighted by Gasteiger charge is -2.07. The molecule has 9 heteroatoms. The van der Waals surface area contributed by atoms with Gasteiger partial charge in [0.2, 0.25) is 11.7 Å². The van der Waals surface area contributed by atoms with E-state index in [-0.39, 0.29) is 11.7 Å². The number of aromatic nitrogens is 3. The first-order chi connectivity index (χ1) is 14.0. The molecule has 0 spiro atoms. The van der Waals surface area contributed by atoms with Crippen molar-refractivity contribution in [2.75, 3.05) is 11.1 Å². The van der Waals surface area contributed by atoms with Crippen LogP contribution in [0, 0.1) is 0 Å². The molecule has 1 amide bonds. The maximum Gasteiger partial charge on any atom is 0.234 e. The Kier molecular flexibility index (Phi) is 5.80. The van der Waals surface area contributed by atoms with Crippen LogP contribution in [0.15, 0.2) is 58.1 Å². The monoisotopic (exact) mass is 446 g/mol. The highest BCUT2D eigenvalue weighted by Gasteiger charge is 2.18. The maximum atomic E-state index is 12.3. The molecule has 0 radical (unpaired) electrons. The molecule has 2 aromatic carbocycles. The number of amides is 1. The Morgan fingerprint density at radius 2 is 1.97 bits per heavy atom. The van der Waals surface area contributed by atoms with Gasteiger partial charge in [0.25, 0.3) is 0 Å². The van der Waals surface area contributed by atoms with E-state index in [4.69, 9.17) is 27.6 Å². The van der Waals surface area contributed by atoms with Crippen LogP contribution in [0.2, 0.25) is 10.0 Å². The third kappa shape index (κ3) is 4.27. The molecule has 0 aliphatic heterocycles. The van der Waals surface area contributed by atoms with Crippen molar-refractivity contribution >= 4 is 57.5 Å². The molecule has 0 saturated carbocycles. The molecular weight excluding hydrogens is 431 g/mol. The van der Waals surface area contributed by atoms with E-state index in [2.05, 4.69) is 15.5 Å². The van der Waals surface area contributed by atoms with Crippen LogP contribution in [0.5, 0.6) is 0 Å². The molecular formula is C20H16Cl2N4O2S. The highest BCUT2D eigenvalue weighted by atomic mass is 35.5. The summed E-state index contributed by atoms with van der Waals surface area (Å²) in [7, 11) is 0. The molecule has 2 aromatic heterocycles. The van der Waals surface area contributed by atoms with Crippen LogP contribution in [0.25, 0.3) is 22.6 Å². The molecule has 1 N–H and O–H groups in total. The van der Waals surface area contributed by atoms with E-state index < -0.39 is 0 Å². The molecule has 148 valence electrons. The Hall–Kier alpha value is -2.48. The smallest absolute Gasteiger partial charge is 0.234 e. The number of fused-ring (bicyclic) bond motifs is 1. The fraction of sp³-hybridized carbons (Fsp3) is 0.150. The van der Waals surface area contributed by atoms with E-state index >= 15 is 0 Å². The number of carbonyl (C=O) groups is 1. The Labute approximate surface area is 181 Å². The third-order valence-electron chi connectivity index (χ3n) is 4.21. The molecule has 2 heterocycles. The second kappa shape index (κ2) is 8.49. The van der Waals surface area contributed by atoms with E-state index in [0.29, 0.717) is 39.0 Å². The van der Waals surface area contributed by atoms with Crippen molar-refractivity contribution in [2.45, 2.75) is 18.6 Å². The Bertz CT molecular complexity index is 1160. The zero-order chi connectivity index (χ0) is 20.4. The van der Waals surface area contributed by atoms with Gasteiger partial charge in [-0.3, -0.25) is 9.36 Å². The molecule has 0 atom stereocenters. The lowest BCUT2D eigenvalue weighted by Crippen LogP contribution is -2.14. The minimum absolute atomic E-state index is 0.177. The van der Waals surface area contributed by atoms with Gasteiger partial charge in [-0.05, 0) is 37.3 Å². The number of carbonyl (C=O) groups excluding carboxylic acids is 1. The molecule has 4 aromatic rings. The lowest BCUT2D eigenvalue weighted by atomic mass is 10.2. The van der Waals surface area contributed by atoms with Gasteiger partial charge in [0.1, 0.15) is 5.58 Å². The lowest BCUT2D eigenvalue weighted by molar-refractivity contribution is -0.113. The quantitative estimate of drug-likeness (QED) is 0.381. The largest absolute Gasteiger partial charge is 0.453 e. The summed E-state index contributed by atoms with van der Waals surface area (Å²) in [6, 6.07) is 14.7. The first kappa shape index (κ1) is 19.8. The number of hydrogen-bond donors (Lipinski definition) is 1. The van der Waals surface area contributed by atoms with Gasteiger partial charge in [-0.2, -0.15) is 0 Å². The number of nitrogens with one attached hydrogen (secondary N) is 1. The number of benzene rings is 2. The van der Waals surface area contributed by atoms with Crippen LogP contribution in [0.3, 0.4) is 0 Å². The predicted molar refractivity (Wildman–Crippen MR) is 117 cm³/mol. The number of hydrogen-bond acceptors (Lipinski definition) is 5. The summed E-state index contributed by atoms with van der Waals surface area (Å²) < 4.78 is 7.83. The molecule has 0 unspecified atom stereocenters. The average Bonchev–Trinajstić information content (AvgIpc) is 3.32. The summed E-state index contributed by atoms with van der Waals surface area (Å²) in [5.74, 6) is 1.28. The van der Waals surface area contributed by atoms with Crippen LogP contribution in [-0.4, -0.2) is 26.4 Å². The fourth-order valence-corrected chi connectivity index (χ4v) is 3.96. The number of nitrogens with zero attached hydrogens (tertiary/aromatic N) is 3. The summed E-state index contributed by atoms with van der Waals surface area (Å²) in [6.07, 6.45) is 0. The van der Waals surface area contributed by atoms with E-state index in [1.54, 1.807) is 18.2 Å². The topological polar surface area (TPSA) is 73.0 Å². The van der Waals surface area contributed by atoms with Crippen LogP contribution in [0.4, 0.5) is 5.69 Å². The van der Waals surface area contributed by atoms with Crippen molar-refractivity contribution in [1.82, 2.24) is 14.8 Å². The number of furan rings is 1. The SMILES string of the molecule is CCn1c(SCC(=O)Nc2ccc(Cl)c(Cl)c2)nnc1-c1cc2ccccc2o1. The number of rotatable bonds is 6. The summed E-state index contributed by atoms with van der Waals surface area (Å²) in [5, 5.41) is 13.8. The summed E-state index contributed by atoms with van der Waals surface area (Å²) in [5.41, 5.74) is 1.38. The van der Waals surface area contributed by atoms with Crippen molar-refractivity contribution in [2.24, 2.45) is 0 Å². The molecule has 4 rings (SSSR count). The number of para-hydroxylation sites is 1. The van der Waals surface area contributed by atoms with Crippen LogP contribution >= 0.6 is 35.0 Å². The molecule has 0 aliphatic carbocycles. The summed E-state index contributed by atoms with van der Waals surface area (Å²) in [6.45, 7) is 2.64. The zero-order valence-electron chi connectivity index (χ0n) is 15.4. The van der Waals surface area contributed by atoms with Gasteiger partial charge < -0.3 is 9.73 Å². The minimum atomic E-state index is -0.177. The molecule has 6 nitrogen and oxygen atoms in total. The molecule has 0 fully saturated rings. The molecule has 0 saturated heterocycles. The van der Waals surface area contributed by atoms with Gasteiger partial charge in [0.05, 0.1) is 15.8 Å². The van der Waals surface area contributed by atoms with Crippen molar-refractivity contribution in [1.29, 1.82) is 0 Å². The number of halogens is 2. The van der Waals surface area contributed by atoms with E-state index in [1.165, 1.54) is 11.8 Å². The first-order valence-corrected chi connectivity index (χ1v) is 10.6. The Morgan fingerprint density at radius 1 is 1.14 bits per heavy atom. The zero-order valence-corrected chi connectivity index (χ0v) is 17.7. The molecule has 0 bridgehead atoms. The predicted octanol–water partition coefficient (Wildman–Crippen LogP) is 5.75. The van der Waals surface area contributed by atoms with Gasteiger partial charge in [0, 0.05) is 17.6 Å². The normalized spacial score (nSPS) is 11.1. The number of anilines is 1. The summed E-state index contributed by atoms with van der Waals surface area (Å²) in [4.78, 5) is 12.3.